The standard InChI is InChI=1S/C13H24N2O3/c1-4-11-5-6-14(8-11)13(18)15(7-10(2)3)9-12(16)17/h10-11H,4-9H2,1-3H3,(H,16,17). The number of aliphatic carboxylic acids is 1. The van der Waals surface area contributed by atoms with Gasteiger partial charge in [0.25, 0.3) is 0 Å². The fourth-order valence-electron chi connectivity index (χ4n) is 2.35. The predicted molar refractivity (Wildman–Crippen MR) is 69.4 cm³/mol. The van der Waals surface area contributed by atoms with Gasteiger partial charge in [-0.1, -0.05) is 27.2 Å². The van der Waals surface area contributed by atoms with Crippen LogP contribution in [0.15, 0.2) is 0 Å². The number of carboxylic acids is 1. The highest BCUT2D eigenvalue weighted by atomic mass is 16.4. The maximum absolute atomic E-state index is 12.3. The average Bonchev–Trinajstić information content (AvgIpc) is 2.74. The van der Waals surface area contributed by atoms with Gasteiger partial charge in [0, 0.05) is 19.6 Å². The molecule has 1 unspecified atom stereocenters. The van der Waals surface area contributed by atoms with Crippen LogP contribution in [0.1, 0.15) is 33.6 Å². The van der Waals surface area contributed by atoms with Crippen molar-refractivity contribution in [1.29, 1.82) is 0 Å². The van der Waals surface area contributed by atoms with Gasteiger partial charge < -0.3 is 14.9 Å². The molecular formula is C13H24N2O3. The first-order valence-corrected chi connectivity index (χ1v) is 6.69. The Hall–Kier alpha value is -1.26. The lowest BCUT2D eigenvalue weighted by atomic mass is 10.1. The zero-order valence-electron chi connectivity index (χ0n) is 11.6. The smallest absolute Gasteiger partial charge is 0.323 e. The number of likely N-dealkylation sites (tertiary alicyclic amines) is 1. The van der Waals surface area contributed by atoms with Crippen LogP contribution in [0.2, 0.25) is 0 Å². The van der Waals surface area contributed by atoms with Gasteiger partial charge in [0.15, 0.2) is 0 Å². The zero-order valence-corrected chi connectivity index (χ0v) is 11.6. The number of amides is 2. The lowest BCUT2D eigenvalue weighted by Crippen LogP contribution is -2.46. The summed E-state index contributed by atoms with van der Waals surface area (Å²) in [7, 11) is 0. The summed E-state index contributed by atoms with van der Waals surface area (Å²) in [6, 6.07) is -0.123. The van der Waals surface area contributed by atoms with E-state index in [1.807, 2.05) is 13.8 Å². The Balaban J connectivity index is 2.61. The molecular weight excluding hydrogens is 232 g/mol. The number of carbonyl (C=O) groups excluding carboxylic acids is 1. The third-order valence-electron chi connectivity index (χ3n) is 3.32. The monoisotopic (exact) mass is 256 g/mol. The minimum Gasteiger partial charge on any atom is -0.480 e. The Bertz CT molecular complexity index is 305. The Morgan fingerprint density at radius 3 is 2.56 bits per heavy atom. The number of hydrogen-bond donors (Lipinski definition) is 1. The molecule has 104 valence electrons. The molecule has 0 saturated carbocycles. The summed E-state index contributed by atoms with van der Waals surface area (Å²) >= 11 is 0. The number of urea groups is 1. The summed E-state index contributed by atoms with van der Waals surface area (Å²) in [6.07, 6.45) is 2.11. The molecule has 0 aliphatic carbocycles. The van der Waals surface area contributed by atoms with Crippen LogP contribution >= 0.6 is 0 Å². The highest BCUT2D eigenvalue weighted by molar-refractivity contribution is 5.80. The Morgan fingerprint density at radius 2 is 2.11 bits per heavy atom. The molecule has 0 bridgehead atoms. The number of carboxylic acid groups (broad SMARTS) is 1. The van der Waals surface area contributed by atoms with Crippen molar-refractivity contribution in [1.82, 2.24) is 9.80 Å². The van der Waals surface area contributed by atoms with Crippen molar-refractivity contribution in [2.75, 3.05) is 26.2 Å². The van der Waals surface area contributed by atoms with Crippen LogP contribution in [0.3, 0.4) is 0 Å². The molecule has 1 N–H and O–H groups in total. The average molecular weight is 256 g/mol. The summed E-state index contributed by atoms with van der Waals surface area (Å²) in [6.45, 7) is 7.92. The van der Waals surface area contributed by atoms with Gasteiger partial charge in [-0.3, -0.25) is 4.79 Å². The second-order valence-corrected chi connectivity index (χ2v) is 5.46. The van der Waals surface area contributed by atoms with Gasteiger partial charge >= 0.3 is 12.0 Å². The van der Waals surface area contributed by atoms with Crippen molar-refractivity contribution in [2.24, 2.45) is 11.8 Å². The van der Waals surface area contributed by atoms with Crippen molar-refractivity contribution in [3.63, 3.8) is 0 Å². The first-order valence-electron chi connectivity index (χ1n) is 6.69. The molecule has 1 saturated heterocycles. The third kappa shape index (κ3) is 4.20. The Morgan fingerprint density at radius 1 is 1.44 bits per heavy atom. The maximum Gasteiger partial charge on any atom is 0.323 e. The van der Waals surface area contributed by atoms with E-state index in [1.165, 1.54) is 4.90 Å². The van der Waals surface area contributed by atoms with E-state index in [1.54, 1.807) is 4.90 Å². The van der Waals surface area contributed by atoms with Crippen LogP contribution in [-0.4, -0.2) is 53.1 Å². The summed E-state index contributed by atoms with van der Waals surface area (Å²) in [5.41, 5.74) is 0. The van der Waals surface area contributed by atoms with Crippen molar-refractivity contribution < 1.29 is 14.7 Å². The van der Waals surface area contributed by atoms with E-state index < -0.39 is 5.97 Å². The SMILES string of the molecule is CCC1CCN(C(=O)N(CC(=O)O)CC(C)C)C1. The van der Waals surface area contributed by atoms with Gasteiger partial charge in [0.05, 0.1) is 0 Å². The van der Waals surface area contributed by atoms with Crippen molar-refractivity contribution in [3.05, 3.63) is 0 Å². The molecule has 1 aliphatic heterocycles. The molecule has 0 aromatic carbocycles. The molecule has 0 aromatic heterocycles. The van der Waals surface area contributed by atoms with E-state index in [0.29, 0.717) is 12.5 Å². The molecule has 2 amide bonds. The number of carbonyl (C=O) groups is 2. The van der Waals surface area contributed by atoms with Gasteiger partial charge in [-0.15, -0.1) is 0 Å². The van der Waals surface area contributed by atoms with E-state index in [0.717, 1.165) is 25.9 Å². The first kappa shape index (κ1) is 14.8. The van der Waals surface area contributed by atoms with Crippen LogP contribution in [0, 0.1) is 11.8 Å². The fraction of sp³-hybridized carbons (Fsp3) is 0.846. The van der Waals surface area contributed by atoms with Crippen LogP contribution in [0.25, 0.3) is 0 Å². The lowest BCUT2D eigenvalue weighted by Gasteiger charge is -2.28. The van der Waals surface area contributed by atoms with E-state index in [4.69, 9.17) is 5.11 Å². The zero-order chi connectivity index (χ0) is 13.7. The molecule has 5 heteroatoms. The number of hydrogen-bond acceptors (Lipinski definition) is 2. The first-order chi connectivity index (χ1) is 8.43. The van der Waals surface area contributed by atoms with Crippen molar-refractivity contribution in [2.45, 2.75) is 33.6 Å². The lowest BCUT2D eigenvalue weighted by molar-refractivity contribution is -0.137. The molecule has 1 aliphatic rings. The van der Waals surface area contributed by atoms with Gasteiger partial charge in [0.1, 0.15) is 6.54 Å². The van der Waals surface area contributed by atoms with E-state index >= 15 is 0 Å². The molecule has 5 nitrogen and oxygen atoms in total. The van der Waals surface area contributed by atoms with Gasteiger partial charge in [0.2, 0.25) is 0 Å². The van der Waals surface area contributed by atoms with E-state index in [-0.39, 0.29) is 18.5 Å². The predicted octanol–water partition coefficient (Wildman–Crippen LogP) is 1.88. The quantitative estimate of drug-likeness (QED) is 0.817. The molecule has 1 rings (SSSR count). The van der Waals surface area contributed by atoms with Gasteiger partial charge in [-0.05, 0) is 18.3 Å². The normalized spacial score (nSPS) is 19.3. The van der Waals surface area contributed by atoms with Gasteiger partial charge in [-0.2, -0.15) is 0 Å². The fourth-order valence-corrected chi connectivity index (χ4v) is 2.35. The minimum absolute atomic E-state index is 0.123. The van der Waals surface area contributed by atoms with Crippen LogP contribution < -0.4 is 0 Å². The van der Waals surface area contributed by atoms with Crippen molar-refractivity contribution in [3.8, 4) is 0 Å². The molecule has 1 heterocycles. The molecule has 1 atom stereocenters. The molecule has 0 spiro atoms. The molecule has 0 aromatic rings. The van der Waals surface area contributed by atoms with Crippen molar-refractivity contribution >= 4 is 12.0 Å². The summed E-state index contributed by atoms with van der Waals surface area (Å²) in [5, 5.41) is 8.87. The molecule has 1 fully saturated rings. The highest BCUT2D eigenvalue weighted by Gasteiger charge is 2.29. The summed E-state index contributed by atoms with van der Waals surface area (Å²) < 4.78 is 0. The largest absolute Gasteiger partial charge is 0.480 e. The van der Waals surface area contributed by atoms with Crippen LogP contribution in [-0.2, 0) is 4.79 Å². The molecule has 18 heavy (non-hydrogen) atoms. The maximum atomic E-state index is 12.3. The summed E-state index contributed by atoms with van der Waals surface area (Å²) in [5.74, 6) is -0.104. The second-order valence-electron chi connectivity index (χ2n) is 5.46. The Kier molecular flexibility index (Phi) is 5.44. The topological polar surface area (TPSA) is 60.9 Å². The minimum atomic E-state index is -0.949. The third-order valence-corrected chi connectivity index (χ3v) is 3.32. The number of rotatable bonds is 5. The van der Waals surface area contributed by atoms with Crippen LogP contribution in [0.5, 0.6) is 0 Å². The molecule has 0 radical (unpaired) electrons. The van der Waals surface area contributed by atoms with E-state index in [9.17, 15) is 9.59 Å². The van der Waals surface area contributed by atoms with E-state index in [2.05, 4.69) is 6.92 Å². The summed E-state index contributed by atoms with van der Waals surface area (Å²) in [4.78, 5) is 26.3. The Labute approximate surface area is 109 Å². The second kappa shape index (κ2) is 6.61. The highest BCUT2D eigenvalue weighted by Crippen LogP contribution is 2.20. The van der Waals surface area contributed by atoms with Crippen LogP contribution in [0.4, 0.5) is 4.79 Å². The number of nitrogens with zero attached hydrogens (tertiary/aromatic N) is 2. The van der Waals surface area contributed by atoms with Gasteiger partial charge in [-0.25, -0.2) is 4.79 Å².